The van der Waals surface area contributed by atoms with Crippen molar-refractivity contribution in [3.63, 3.8) is 0 Å². The van der Waals surface area contributed by atoms with Crippen LogP contribution in [0.1, 0.15) is 23.0 Å². The number of halogens is 1. The Hall–Kier alpha value is -4.74. The Bertz CT molecular complexity index is 1740. The SMILES string of the molecule is C=Pn1c(=O)c(C(=O)Nc2ccc(Oc3ccnc4cc(OCC(C)OC(=O)CN)c(OC)cc34)c(F)c2)c(C)n1C. The number of pyridine rings is 1. The number of esters is 1. The van der Waals surface area contributed by atoms with E-state index in [1.54, 1.807) is 39.1 Å². The molecule has 2 aromatic heterocycles. The minimum Gasteiger partial charge on any atom is -0.493 e. The number of carbonyl (C=O) groups excluding carboxylic acids is 2. The van der Waals surface area contributed by atoms with Crippen LogP contribution < -0.4 is 30.8 Å². The highest BCUT2D eigenvalue weighted by Crippen LogP contribution is 2.38. The number of carbonyl (C=O) groups is 2. The van der Waals surface area contributed by atoms with E-state index in [0.717, 1.165) is 6.07 Å². The van der Waals surface area contributed by atoms with Gasteiger partial charge in [-0.15, -0.1) is 0 Å². The number of nitrogens with zero attached hydrogens (tertiary/aromatic N) is 3. The standard InChI is InChI=1S/C28H29FN5O7P/c1-15(40-25(35)13-30)14-39-24-12-20-18(11-23(24)38-4)21(8-9-31-20)41-22-7-6-17(10-19(22)29)32-27(36)26-16(2)33(3)34(42-5)28(26)37/h6-12,15H,5,13-14,30H2,1-4H3,(H,32,36). The van der Waals surface area contributed by atoms with E-state index in [1.165, 1.54) is 34.6 Å². The smallest absolute Gasteiger partial charge is 0.320 e. The van der Waals surface area contributed by atoms with Crippen molar-refractivity contribution >= 4 is 43.1 Å². The summed E-state index contributed by atoms with van der Waals surface area (Å²) in [6, 6.07) is 8.74. The van der Waals surface area contributed by atoms with Crippen LogP contribution in [0.3, 0.4) is 0 Å². The zero-order chi connectivity index (χ0) is 30.6. The molecular formula is C28H29FN5O7P. The first-order chi connectivity index (χ1) is 20.1. The molecule has 2 aromatic carbocycles. The third-order valence-electron chi connectivity index (χ3n) is 6.26. The number of anilines is 1. The van der Waals surface area contributed by atoms with Crippen molar-refractivity contribution in [3.8, 4) is 23.0 Å². The van der Waals surface area contributed by atoms with Gasteiger partial charge in [0.15, 0.2) is 23.1 Å². The molecule has 0 aliphatic carbocycles. The van der Waals surface area contributed by atoms with Crippen molar-refractivity contribution < 1.29 is 32.9 Å². The fourth-order valence-corrected chi connectivity index (χ4v) is 4.64. The molecule has 1 atom stereocenters. The summed E-state index contributed by atoms with van der Waals surface area (Å²) in [7, 11) is 3.51. The van der Waals surface area contributed by atoms with Crippen molar-refractivity contribution in [1.29, 1.82) is 0 Å². The second kappa shape index (κ2) is 12.8. The minimum atomic E-state index is -0.746. The molecule has 1 amide bonds. The van der Waals surface area contributed by atoms with Crippen LogP contribution in [0.4, 0.5) is 10.1 Å². The third-order valence-corrected chi connectivity index (χ3v) is 6.98. The number of aromatic nitrogens is 3. The second-order valence-corrected chi connectivity index (χ2v) is 9.73. The number of fused-ring (bicyclic) bond motifs is 1. The first-order valence-corrected chi connectivity index (χ1v) is 13.6. The van der Waals surface area contributed by atoms with Gasteiger partial charge in [0.05, 0.1) is 24.9 Å². The summed E-state index contributed by atoms with van der Waals surface area (Å²) in [4.78, 5) is 41.2. The number of benzene rings is 2. The Morgan fingerprint density at radius 2 is 1.93 bits per heavy atom. The topological polar surface area (TPSA) is 149 Å². The molecule has 0 radical (unpaired) electrons. The average molecular weight is 598 g/mol. The molecule has 0 fully saturated rings. The maximum atomic E-state index is 15.1. The van der Waals surface area contributed by atoms with Crippen LogP contribution in [0.25, 0.3) is 10.9 Å². The van der Waals surface area contributed by atoms with Crippen LogP contribution in [-0.2, 0) is 16.6 Å². The average Bonchev–Trinajstić information content (AvgIpc) is 3.19. The molecule has 0 aliphatic heterocycles. The minimum absolute atomic E-state index is 0.0489. The van der Waals surface area contributed by atoms with E-state index in [9.17, 15) is 14.4 Å². The summed E-state index contributed by atoms with van der Waals surface area (Å²) >= 11 is 0. The summed E-state index contributed by atoms with van der Waals surface area (Å²) in [6.07, 6.45) is 4.61. The number of nitrogens with two attached hydrogens (primary N) is 1. The van der Waals surface area contributed by atoms with E-state index in [2.05, 4.69) is 16.6 Å². The molecule has 42 heavy (non-hydrogen) atoms. The maximum absolute atomic E-state index is 15.1. The summed E-state index contributed by atoms with van der Waals surface area (Å²) in [5.74, 6) is -1.07. The van der Waals surface area contributed by atoms with E-state index >= 15 is 4.39 Å². The summed E-state index contributed by atoms with van der Waals surface area (Å²) < 4.78 is 40.2. The van der Waals surface area contributed by atoms with E-state index in [0.29, 0.717) is 42.2 Å². The molecule has 0 spiro atoms. The molecule has 14 heteroatoms. The Balaban J connectivity index is 1.54. The quantitative estimate of drug-likeness (QED) is 0.195. The first-order valence-electron chi connectivity index (χ1n) is 12.6. The summed E-state index contributed by atoms with van der Waals surface area (Å²) in [6.45, 7) is 3.12. The lowest BCUT2D eigenvalue weighted by Gasteiger charge is -2.17. The number of rotatable bonds is 11. The predicted octanol–water partition coefficient (Wildman–Crippen LogP) is 3.65. The molecule has 220 valence electrons. The van der Waals surface area contributed by atoms with Crippen LogP contribution in [0.15, 0.2) is 47.4 Å². The van der Waals surface area contributed by atoms with Gasteiger partial charge in [-0.25, -0.2) is 4.39 Å². The van der Waals surface area contributed by atoms with Crippen LogP contribution in [-0.4, -0.2) is 58.7 Å². The molecule has 4 aromatic rings. The largest absolute Gasteiger partial charge is 0.493 e. The molecule has 0 bridgehead atoms. The van der Waals surface area contributed by atoms with Crippen LogP contribution >= 0.6 is 8.35 Å². The molecule has 1 unspecified atom stereocenters. The molecule has 3 N–H and O–H groups in total. The molecule has 0 saturated heterocycles. The highest BCUT2D eigenvalue weighted by molar-refractivity contribution is 7.34. The van der Waals surface area contributed by atoms with Gasteiger partial charge < -0.3 is 30.0 Å². The Kier molecular flexibility index (Phi) is 9.24. The normalized spacial score (nSPS) is 11.8. The summed E-state index contributed by atoms with van der Waals surface area (Å²) in [5.41, 5.74) is 5.79. The van der Waals surface area contributed by atoms with Crippen LogP contribution in [0, 0.1) is 12.7 Å². The number of amides is 1. The second-order valence-electron chi connectivity index (χ2n) is 9.07. The van der Waals surface area contributed by atoms with Gasteiger partial charge in [-0.3, -0.25) is 24.0 Å². The van der Waals surface area contributed by atoms with Gasteiger partial charge in [-0.1, -0.05) is 6.30 Å². The first kappa shape index (κ1) is 30.2. The highest BCUT2D eigenvalue weighted by atomic mass is 31.1. The van der Waals surface area contributed by atoms with Gasteiger partial charge in [0.1, 0.15) is 24.0 Å². The lowest BCUT2D eigenvalue weighted by molar-refractivity contribution is -0.147. The zero-order valence-corrected chi connectivity index (χ0v) is 24.2. The van der Waals surface area contributed by atoms with Gasteiger partial charge in [-0.05, 0) is 38.1 Å². The lowest BCUT2D eigenvalue weighted by atomic mass is 10.1. The zero-order valence-electron chi connectivity index (χ0n) is 23.3. The van der Waals surface area contributed by atoms with Crippen molar-refractivity contribution in [1.82, 2.24) is 14.1 Å². The van der Waals surface area contributed by atoms with Crippen LogP contribution in [0.5, 0.6) is 23.0 Å². The third kappa shape index (κ3) is 6.27. The number of methoxy groups -OCH3 is 1. The molecule has 12 nitrogen and oxygen atoms in total. The van der Waals surface area contributed by atoms with Crippen molar-refractivity contribution in [2.75, 3.05) is 25.6 Å². The number of nitrogens with one attached hydrogen (secondary N) is 1. The Morgan fingerprint density at radius 3 is 2.57 bits per heavy atom. The molecule has 2 heterocycles. The van der Waals surface area contributed by atoms with Crippen molar-refractivity contribution in [3.05, 3.63) is 70.0 Å². The monoisotopic (exact) mass is 597 g/mol. The van der Waals surface area contributed by atoms with Gasteiger partial charge >= 0.3 is 5.97 Å². The Morgan fingerprint density at radius 1 is 1.17 bits per heavy atom. The van der Waals surface area contributed by atoms with Crippen LogP contribution in [0.2, 0.25) is 0 Å². The Labute approximate surface area is 241 Å². The molecule has 4 rings (SSSR count). The van der Waals surface area contributed by atoms with Gasteiger partial charge in [-0.2, -0.15) is 4.45 Å². The number of ether oxygens (including phenoxy) is 4. The lowest BCUT2D eigenvalue weighted by Crippen LogP contribution is -2.26. The van der Waals surface area contributed by atoms with E-state index < -0.39 is 29.4 Å². The summed E-state index contributed by atoms with van der Waals surface area (Å²) in [5, 5.41) is 3.08. The van der Waals surface area contributed by atoms with Crippen molar-refractivity contribution in [2.45, 2.75) is 20.0 Å². The molecule has 0 saturated carbocycles. The van der Waals surface area contributed by atoms with Gasteiger partial charge in [0.2, 0.25) is 0 Å². The number of hydrogen-bond acceptors (Lipinski definition) is 9. The predicted molar refractivity (Wildman–Crippen MR) is 157 cm³/mol. The van der Waals surface area contributed by atoms with E-state index in [1.807, 2.05) is 0 Å². The molecule has 0 aliphatic rings. The van der Waals surface area contributed by atoms with Gasteiger partial charge in [0.25, 0.3) is 11.5 Å². The van der Waals surface area contributed by atoms with Crippen molar-refractivity contribution in [2.24, 2.45) is 12.8 Å². The molecular weight excluding hydrogens is 568 g/mol. The fraction of sp³-hybridized carbons (Fsp3) is 0.250. The van der Waals surface area contributed by atoms with Gasteiger partial charge in [0, 0.05) is 44.8 Å². The maximum Gasteiger partial charge on any atom is 0.320 e. The van der Waals surface area contributed by atoms with E-state index in [4.69, 9.17) is 24.7 Å². The van der Waals surface area contributed by atoms with E-state index in [-0.39, 0.29) is 30.2 Å². The highest BCUT2D eigenvalue weighted by Gasteiger charge is 2.21. The fourth-order valence-electron chi connectivity index (χ4n) is 4.09. The number of hydrogen-bond donors (Lipinski definition) is 2.